The number of aromatic nitrogens is 2. The van der Waals surface area contributed by atoms with Crippen molar-refractivity contribution in [2.45, 2.75) is 6.42 Å². The molecule has 0 unspecified atom stereocenters. The Morgan fingerprint density at radius 2 is 2.04 bits per heavy atom. The largest absolute Gasteiger partial charge is 0.710 e. The van der Waals surface area contributed by atoms with Gasteiger partial charge in [0.2, 0.25) is 0 Å². The lowest BCUT2D eigenvalue weighted by atomic mass is 10.1. The highest BCUT2D eigenvalue weighted by Gasteiger charge is 2.18. The van der Waals surface area contributed by atoms with Crippen molar-refractivity contribution in [3.8, 4) is 0 Å². The average molecular weight is 323 g/mol. The minimum absolute atomic E-state index is 0.535. The van der Waals surface area contributed by atoms with Gasteiger partial charge >= 0.3 is 0 Å². The summed E-state index contributed by atoms with van der Waals surface area (Å²) in [4.78, 5) is 11.1. The Balaban J connectivity index is 2.00. The SMILES string of the molecule is Cn1c(Cc2ccccc2)[n+]([O-])c2cc(/C=C/C(=O)NO)ccc21. The van der Waals surface area contributed by atoms with Crippen molar-refractivity contribution in [2.75, 3.05) is 0 Å². The maximum Gasteiger partial charge on any atom is 0.267 e. The van der Waals surface area contributed by atoms with Gasteiger partial charge in [-0.25, -0.2) is 14.8 Å². The van der Waals surface area contributed by atoms with Crippen LogP contribution < -0.4 is 10.2 Å². The average Bonchev–Trinajstić information content (AvgIpc) is 2.85. The summed E-state index contributed by atoms with van der Waals surface area (Å²) in [5.74, 6) is 0.0216. The Bertz CT molecular complexity index is 914. The second-order valence-electron chi connectivity index (χ2n) is 5.49. The Hall–Kier alpha value is -3.12. The van der Waals surface area contributed by atoms with Crippen molar-refractivity contribution < 1.29 is 14.7 Å². The second-order valence-corrected chi connectivity index (χ2v) is 5.49. The first-order valence-corrected chi connectivity index (χ1v) is 7.47. The fraction of sp³-hybridized carbons (Fsp3) is 0.111. The molecule has 0 radical (unpaired) electrons. The van der Waals surface area contributed by atoms with E-state index in [0.29, 0.717) is 23.3 Å². The van der Waals surface area contributed by atoms with Gasteiger partial charge in [0.1, 0.15) is 0 Å². The highest BCUT2D eigenvalue weighted by Crippen LogP contribution is 2.18. The lowest BCUT2D eigenvalue weighted by Crippen LogP contribution is -2.31. The second kappa shape index (κ2) is 6.55. The molecule has 1 aromatic heterocycles. The first-order valence-electron chi connectivity index (χ1n) is 7.47. The van der Waals surface area contributed by atoms with Gasteiger partial charge in [0, 0.05) is 6.08 Å². The summed E-state index contributed by atoms with van der Waals surface area (Å²) in [6.07, 6.45) is 3.27. The number of carbonyl (C=O) groups is 1. The van der Waals surface area contributed by atoms with Gasteiger partial charge in [0.25, 0.3) is 11.7 Å². The summed E-state index contributed by atoms with van der Waals surface area (Å²) < 4.78 is 2.80. The van der Waals surface area contributed by atoms with Crippen LogP contribution in [0.1, 0.15) is 17.0 Å². The summed E-state index contributed by atoms with van der Waals surface area (Å²) >= 11 is 0. The van der Waals surface area contributed by atoms with Crippen molar-refractivity contribution in [1.29, 1.82) is 0 Å². The van der Waals surface area contributed by atoms with Crippen LogP contribution in [-0.4, -0.2) is 15.7 Å². The number of hydrogen-bond donors (Lipinski definition) is 2. The maximum absolute atomic E-state index is 12.7. The number of nitrogens with one attached hydrogen (secondary N) is 1. The van der Waals surface area contributed by atoms with Gasteiger partial charge < -0.3 is 5.21 Å². The summed E-state index contributed by atoms with van der Waals surface area (Å²) in [5.41, 5.74) is 4.65. The first-order chi connectivity index (χ1) is 11.6. The minimum Gasteiger partial charge on any atom is -0.710 e. The van der Waals surface area contributed by atoms with Gasteiger partial charge in [-0.3, -0.25) is 10.0 Å². The van der Waals surface area contributed by atoms with Gasteiger partial charge in [0.15, 0.2) is 11.0 Å². The van der Waals surface area contributed by atoms with Crippen molar-refractivity contribution in [1.82, 2.24) is 10.0 Å². The molecule has 2 N–H and O–H groups in total. The van der Waals surface area contributed by atoms with E-state index in [9.17, 15) is 10.0 Å². The van der Waals surface area contributed by atoms with Crippen LogP contribution in [-0.2, 0) is 18.3 Å². The zero-order chi connectivity index (χ0) is 17.1. The van der Waals surface area contributed by atoms with Crippen LogP contribution in [0.2, 0.25) is 0 Å². The number of imidazole rings is 1. The number of hydrogen-bond acceptors (Lipinski definition) is 3. The van der Waals surface area contributed by atoms with Crippen LogP contribution >= 0.6 is 0 Å². The Kier molecular flexibility index (Phi) is 4.31. The van der Waals surface area contributed by atoms with Crippen LogP contribution in [0, 0.1) is 5.21 Å². The van der Waals surface area contributed by atoms with E-state index >= 15 is 0 Å². The third-order valence-electron chi connectivity index (χ3n) is 3.94. The molecule has 0 saturated heterocycles. The van der Waals surface area contributed by atoms with E-state index < -0.39 is 5.91 Å². The van der Waals surface area contributed by atoms with Crippen molar-refractivity contribution >= 4 is 23.0 Å². The lowest BCUT2D eigenvalue weighted by molar-refractivity contribution is -0.586. The van der Waals surface area contributed by atoms with E-state index in [1.54, 1.807) is 6.07 Å². The molecule has 6 nitrogen and oxygen atoms in total. The van der Waals surface area contributed by atoms with Crippen molar-refractivity contribution in [3.05, 3.63) is 76.8 Å². The molecule has 6 heteroatoms. The molecule has 1 amide bonds. The zero-order valence-electron chi connectivity index (χ0n) is 13.1. The molecule has 0 saturated carbocycles. The predicted molar refractivity (Wildman–Crippen MR) is 90.1 cm³/mol. The molecular formula is C18H17N3O3. The molecule has 0 bridgehead atoms. The number of aryl methyl sites for hydroxylation is 1. The third-order valence-corrected chi connectivity index (χ3v) is 3.94. The van der Waals surface area contributed by atoms with Crippen LogP contribution in [0.25, 0.3) is 17.1 Å². The van der Waals surface area contributed by atoms with E-state index in [2.05, 4.69) is 0 Å². The van der Waals surface area contributed by atoms with E-state index in [1.807, 2.05) is 54.1 Å². The van der Waals surface area contributed by atoms with E-state index in [1.165, 1.54) is 17.6 Å². The number of hydroxylamine groups is 1. The Labute approximate surface area is 138 Å². The fourth-order valence-electron chi connectivity index (χ4n) is 2.68. The van der Waals surface area contributed by atoms with Crippen LogP contribution in [0.5, 0.6) is 0 Å². The quantitative estimate of drug-likeness (QED) is 0.253. The van der Waals surface area contributed by atoms with Crippen LogP contribution in [0.3, 0.4) is 0 Å². The van der Waals surface area contributed by atoms with Crippen LogP contribution in [0.15, 0.2) is 54.6 Å². The first kappa shape index (κ1) is 15.8. The van der Waals surface area contributed by atoms with Gasteiger partial charge in [-0.05, 0) is 29.3 Å². The van der Waals surface area contributed by atoms with Gasteiger partial charge in [-0.15, -0.1) is 0 Å². The summed E-state index contributed by atoms with van der Waals surface area (Å²) in [5, 5.41) is 21.2. The number of benzene rings is 2. The third kappa shape index (κ3) is 3.00. The molecule has 3 aromatic rings. The Morgan fingerprint density at radius 3 is 2.75 bits per heavy atom. The summed E-state index contributed by atoms with van der Waals surface area (Å²) in [6, 6.07) is 15.2. The standard InChI is InChI=1S/C18H17N3O3/c1-20-15-9-7-14(8-10-17(22)19-23)11-16(15)21(24)18(20)12-13-5-3-2-4-6-13/h2-11,23H,12H2,1H3,(H,19,22)/b10-8+. The van der Waals surface area contributed by atoms with Gasteiger partial charge in [0.05, 0.1) is 13.5 Å². The molecule has 2 aromatic carbocycles. The molecule has 122 valence electrons. The summed E-state index contributed by atoms with van der Waals surface area (Å²) in [7, 11) is 1.86. The molecular weight excluding hydrogens is 306 g/mol. The number of nitrogens with zero attached hydrogens (tertiary/aromatic N) is 2. The molecule has 0 atom stereocenters. The predicted octanol–water partition coefficient (Wildman–Crippen LogP) is 1.92. The van der Waals surface area contributed by atoms with Gasteiger partial charge in [-0.2, -0.15) is 0 Å². The number of carbonyl (C=O) groups excluding carboxylic acids is 1. The van der Waals surface area contributed by atoms with Crippen molar-refractivity contribution in [3.63, 3.8) is 0 Å². The number of rotatable bonds is 4. The molecule has 24 heavy (non-hydrogen) atoms. The molecule has 0 spiro atoms. The minimum atomic E-state index is -0.622. The topological polar surface area (TPSA) is 81.2 Å². The van der Waals surface area contributed by atoms with E-state index in [-0.39, 0.29) is 0 Å². The normalized spacial score (nSPS) is 11.2. The zero-order valence-corrected chi connectivity index (χ0v) is 13.1. The van der Waals surface area contributed by atoms with Crippen LogP contribution in [0.4, 0.5) is 0 Å². The fourth-order valence-corrected chi connectivity index (χ4v) is 2.68. The number of fused-ring (bicyclic) bond motifs is 1. The highest BCUT2D eigenvalue weighted by molar-refractivity contribution is 5.91. The van der Waals surface area contributed by atoms with Crippen molar-refractivity contribution in [2.24, 2.45) is 7.05 Å². The molecule has 0 fully saturated rings. The lowest BCUT2D eigenvalue weighted by Gasteiger charge is -2.04. The number of amides is 1. The van der Waals surface area contributed by atoms with Gasteiger partial charge in [-0.1, -0.05) is 36.4 Å². The molecule has 0 aliphatic rings. The molecule has 1 heterocycles. The highest BCUT2D eigenvalue weighted by atomic mass is 16.5. The molecule has 0 aliphatic carbocycles. The van der Waals surface area contributed by atoms with E-state index in [0.717, 1.165) is 15.8 Å². The smallest absolute Gasteiger partial charge is 0.267 e. The summed E-state index contributed by atoms with van der Waals surface area (Å²) in [6.45, 7) is 0. The maximum atomic E-state index is 12.7. The Morgan fingerprint density at radius 1 is 1.29 bits per heavy atom. The monoisotopic (exact) mass is 323 g/mol. The molecule has 0 aliphatic heterocycles. The molecule has 3 rings (SSSR count). The van der Waals surface area contributed by atoms with E-state index in [4.69, 9.17) is 5.21 Å².